The molecule has 4 rings (SSSR count). The molecule has 134 valence electrons. The number of carbonyl (C=O) groups is 1. The number of rotatable bonds is 3. The molecule has 8 nitrogen and oxygen atoms in total. The van der Waals surface area contributed by atoms with Gasteiger partial charge in [0.1, 0.15) is 11.5 Å². The molecule has 2 aliphatic rings. The van der Waals surface area contributed by atoms with E-state index < -0.39 is 10.6 Å². The van der Waals surface area contributed by atoms with Gasteiger partial charge in [0.05, 0.1) is 18.1 Å². The van der Waals surface area contributed by atoms with Crippen molar-refractivity contribution in [1.82, 2.24) is 5.32 Å². The standard InChI is InChI=1S/C18H17N3O5/c1-18-10-15(14-9-12(21(23)24)5-8-16(14)26-18)19-17(22)20(18)11-3-6-13(25-2)7-4-11/h3-9,15H,10H2,1-2H3,(H,19,22)/t15-,18+/m0/s1. The Bertz CT molecular complexity index is 898. The van der Waals surface area contributed by atoms with Crippen LogP contribution in [0.25, 0.3) is 0 Å². The first kappa shape index (κ1) is 16.2. The predicted octanol–water partition coefficient (Wildman–Crippen LogP) is 3.37. The second-order valence-electron chi connectivity index (χ2n) is 6.50. The maximum Gasteiger partial charge on any atom is 0.325 e. The van der Waals surface area contributed by atoms with Crippen molar-refractivity contribution >= 4 is 17.4 Å². The smallest absolute Gasteiger partial charge is 0.325 e. The summed E-state index contributed by atoms with van der Waals surface area (Å²) >= 11 is 0. The van der Waals surface area contributed by atoms with Gasteiger partial charge in [0.25, 0.3) is 5.69 Å². The Morgan fingerprint density at radius 1 is 1.31 bits per heavy atom. The van der Waals surface area contributed by atoms with Crippen LogP contribution in [-0.2, 0) is 0 Å². The Labute approximate surface area is 149 Å². The third-order valence-corrected chi connectivity index (χ3v) is 4.80. The lowest BCUT2D eigenvalue weighted by Crippen LogP contribution is -2.65. The Morgan fingerprint density at radius 2 is 2.04 bits per heavy atom. The molecule has 1 fully saturated rings. The normalized spacial score (nSPS) is 23.5. The highest BCUT2D eigenvalue weighted by Crippen LogP contribution is 2.46. The SMILES string of the molecule is COc1ccc(N2C(=O)N[C@H]3C[C@@]2(C)Oc2ccc([N+](=O)[O-])cc23)cc1. The molecular formula is C18H17N3O5. The minimum Gasteiger partial charge on any atom is -0.497 e. The van der Waals surface area contributed by atoms with Gasteiger partial charge in [-0.2, -0.15) is 0 Å². The number of nitrogens with zero attached hydrogens (tertiary/aromatic N) is 2. The van der Waals surface area contributed by atoms with Crippen molar-refractivity contribution < 1.29 is 19.2 Å². The van der Waals surface area contributed by atoms with E-state index in [-0.39, 0.29) is 17.8 Å². The summed E-state index contributed by atoms with van der Waals surface area (Å²) in [6, 6.07) is 10.9. The highest BCUT2D eigenvalue weighted by atomic mass is 16.6. The lowest BCUT2D eigenvalue weighted by molar-refractivity contribution is -0.385. The molecule has 0 unspecified atom stereocenters. The Kier molecular flexibility index (Phi) is 3.50. The first-order chi connectivity index (χ1) is 12.4. The van der Waals surface area contributed by atoms with Crippen LogP contribution in [-0.4, -0.2) is 23.8 Å². The van der Waals surface area contributed by atoms with Crippen molar-refractivity contribution in [2.75, 3.05) is 12.0 Å². The lowest BCUT2D eigenvalue weighted by atomic mass is 9.90. The summed E-state index contributed by atoms with van der Waals surface area (Å²) in [5.74, 6) is 1.23. The fraction of sp³-hybridized carbons (Fsp3) is 0.278. The van der Waals surface area contributed by atoms with Crippen molar-refractivity contribution in [2.45, 2.75) is 25.1 Å². The molecule has 8 heteroatoms. The van der Waals surface area contributed by atoms with Gasteiger partial charge < -0.3 is 14.8 Å². The summed E-state index contributed by atoms with van der Waals surface area (Å²) in [5, 5.41) is 14.0. The number of fused-ring (bicyclic) bond motifs is 4. The van der Waals surface area contributed by atoms with Crippen LogP contribution in [0, 0.1) is 10.1 Å². The van der Waals surface area contributed by atoms with Crippen LogP contribution >= 0.6 is 0 Å². The molecular weight excluding hydrogens is 338 g/mol. The summed E-state index contributed by atoms with van der Waals surface area (Å²) in [6.45, 7) is 1.84. The summed E-state index contributed by atoms with van der Waals surface area (Å²) in [6.07, 6.45) is 0.471. The van der Waals surface area contributed by atoms with E-state index in [0.717, 1.165) is 0 Å². The summed E-state index contributed by atoms with van der Waals surface area (Å²) in [5.41, 5.74) is 0.377. The Morgan fingerprint density at radius 3 is 2.69 bits per heavy atom. The van der Waals surface area contributed by atoms with Gasteiger partial charge in [-0.3, -0.25) is 15.0 Å². The molecule has 2 aliphatic heterocycles. The second kappa shape index (κ2) is 5.62. The van der Waals surface area contributed by atoms with Gasteiger partial charge in [-0.25, -0.2) is 4.79 Å². The van der Waals surface area contributed by atoms with Crippen molar-refractivity contribution in [3.05, 3.63) is 58.1 Å². The largest absolute Gasteiger partial charge is 0.497 e. The molecule has 1 saturated heterocycles. The number of hydrogen-bond donors (Lipinski definition) is 1. The van der Waals surface area contributed by atoms with Crippen LogP contribution in [0.5, 0.6) is 11.5 Å². The molecule has 2 aromatic rings. The number of nitrogens with one attached hydrogen (secondary N) is 1. The number of methoxy groups -OCH3 is 1. The summed E-state index contributed by atoms with van der Waals surface area (Å²) in [4.78, 5) is 24.9. The predicted molar refractivity (Wildman–Crippen MR) is 93.5 cm³/mol. The molecule has 0 spiro atoms. The van der Waals surface area contributed by atoms with Crippen LogP contribution in [0.4, 0.5) is 16.2 Å². The molecule has 0 radical (unpaired) electrons. The maximum atomic E-state index is 12.8. The zero-order valence-corrected chi connectivity index (χ0v) is 14.3. The number of carbonyl (C=O) groups excluding carboxylic acids is 1. The quantitative estimate of drug-likeness (QED) is 0.673. The molecule has 2 atom stereocenters. The average molecular weight is 355 g/mol. The number of non-ortho nitro benzene ring substituents is 1. The van der Waals surface area contributed by atoms with E-state index in [1.54, 1.807) is 42.3 Å². The van der Waals surface area contributed by atoms with Gasteiger partial charge in [-0.15, -0.1) is 0 Å². The van der Waals surface area contributed by atoms with Crippen molar-refractivity contribution in [2.24, 2.45) is 0 Å². The van der Waals surface area contributed by atoms with E-state index in [4.69, 9.17) is 9.47 Å². The van der Waals surface area contributed by atoms with Crippen LogP contribution in [0.15, 0.2) is 42.5 Å². The molecule has 0 saturated carbocycles. The van der Waals surface area contributed by atoms with E-state index in [9.17, 15) is 14.9 Å². The van der Waals surface area contributed by atoms with Gasteiger partial charge in [-0.1, -0.05) is 0 Å². The highest BCUT2D eigenvalue weighted by Gasteiger charge is 2.50. The molecule has 0 aliphatic carbocycles. The molecule has 2 aromatic carbocycles. The minimum absolute atomic E-state index is 0.0252. The number of hydrogen-bond acceptors (Lipinski definition) is 5. The number of urea groups is 1. The minimum atomic E-state index is -0.898. The van der Waals surface area contributed by atoms with Crippen molar-refractivity contribution in [3.63, 3.8) is 0 Å². The van der Waals surface area contributed by atoms with E-state index in [2.05, 4.69) is 5.32 Å². The van der Waals surface area contributed by atoms with Gasteiger partial charge in [0.2, 0.25) is 0 Å². The fourth-order valence-corrected chi connectivity index (χ4v) is 3.60. The molecule has 2 amide bonds. The first-order valence-corrected chi connectivity index (χ1v) is 8.13. The number of nitro groups is 1. The van der Waals surface area contributed by atoms with E-state index in [1.165, 1.54) is 12.1 Å². The highest BCUT2D eigenvalue weighted by molar-refractivity contribution is 5.95. The monoisotopic (exact) mass is 355 g/mol. The zero-order chi connectivity index (χ0) is 18.5. The average Bonchev–Trinajstić information content (AvgIpc) is 2.61. The Balaban J connectivity index is 1.74. The second-order valence-corrected chi connectivity index (χ2v) is 6.50. The fourth-order valence-electron chi connectivity index (χ4n) is 3.60. The molecule has 2 bridgehead atoms. The van der Waals surface area contributed by atoms with Crippen LogP contribution < -0.4 is 19.7 Å². The number of nitro benzene ring substituents is 1. The van der Waals surface area contributed by atoms with Crippen molar-refractivity contribution in [1.29, 1.82) is 0 Å². The van der Waals surface area contributed by atoms with Crippen LogP contribution in [0.1, 0.15) is 24.9 Å². The number of benzene rings is 2. The number of anilines is 1. The van der Waals surface area contributed by atoms with Gasteiger partial charge in [0.15, 0.2) is 5.72 Å². The third kappa shape index (κ3) is 2.42. The van der Waals surface area contributed by atoms with E-state index >= 15 is 0 Å². The third-order valence-electron chi connectivity index (χ3n) is 4.80. The molecule has 0 aromatic heterocycles. The first-order valence-electron chi connectivity index (χ1n) is 8.13. The zero-order valence-electron chi connectivity index (χ0n) is 14.3. The molecule has 1 N–H and O–H groups in total. The molecule has 2 heterocycles. The molecule has 26 heavy (non-hydrogen) atoms. The Hall–Kier alpha value is -3.29. The van der Waals surface area contributed by atoms with Crippen LogP contribution in [0.2, 0.25) is 0 Å². The lowest BCUT2D eigenvalue weighted by Gasteiger charge is -2.50. The summed E-state index contributed by atoms with van der Waals surface area (Å²) in [7, 11) is 1.58. The van der Waals surface area contributed by atoms with E-state index in [0.29, 0.717) is 29.2 Å². The van der Waals surface area contributed by atoms with E-state index in [1.807, 2.05) is 6.92 Å². The van der Waals surface area contributed by atoms with Crippen molar-refractivity contribution in [3.8, 4) is 11.5 Å². The number of ether oxygens (including phenoxy) is 2. The number of amides is 2. The van der Waals surface area contributed by atoms with Gasteiger partial charge >= 0.3 is 6.03 Å². The van der Waals surface area contributed by atoms with Gasteiger partial charge in [-0.05, 0) is 37.3 Å². The topological polar surface area (TPSA) is 93.9 Å². The summed E-state index contributed by atoms with van der Waals surface area (Å²) < 4.78 is 11.3. The maximum absolute atomic E-state index is 12.8. The van der Waals surface area contributed by atoms with Crippen LogP contribution in [0.3, 0.4) is 0 Å². The van der Waals surface area contributed by atoms with Gasteiger partial charge in [0, 0.05) is 29.8 Å².